The van der Waals surface area contributed by atoms with E-state index in [1.807, 2.05) is 19.1 Å². The van der Waals surface area contributed by atoms with Gasteiger partial charge in [0.05, 0.1) is 5.69 Å². The van der Waals surface area contributed by atoms with Gasteiger partial charge in [-0.15, -0.1) is 0 Å². The van der Waals surface area contributed by atoms with Crippen LogP contribution in [-0.2, 0) is 0 Å². The Kier molecular flexibility index (Phi) is 4.66. The van der Waals surface area contributed by atoms with Crippen LogP contribution in [0.2, 0.25) is 5.02 Å². The van der Waals surface area contributed by atoms with Gasteiger partial charge in [-0.3, -0.25) is 4.79 Å². The first-order chi connectivity index (χ1) is 8.97. The number of amides is 1. The minimum absolute atomic E-state index is 0.179. The molecule has 2 aromatic rings. The van der Waals surface area contributed by atoms with Gasteiger partial charge in [-0.2, -0.15) is 0 Å². The molecule has 1 amide bonds. The molecule has 0 bridgehead atoms. The van der Waals surface area contributed by atoms with E-state index < -0.39 is 0 Å². The van der Waals surface area contributed by atoms with E-state index in [-0.39, 0.29) is 5.91 Å². The molecule has 0 fully saturated rings. The van der Waals surface area contributed by atoms with Crippen molar-refractivity contribution in [3.05, 3.63) is 61.5 Å². The van der Waals surface area contributed by atoms with E-state index in [9.17, 15) is 4.79 Å². The summed E-state index contributed by atoms with van der Waals surface area (Å²) in [6, 6.07) is 10.7. The molecule has 0 radical (unpaired) electrons. The topological polar surface area (TPSA) is 29.1 Å². The fraction of sp³-hybridized carbons (Fsp3) is 0.0714. The molecule has 2 rings (SSSR count). The largest absolute Gasteiger partial charge is 0.320 e. The highest BCUT2D eigenvalue weighted by molar-refractivity contribution is 9.11. The lowest BCUT2D eigenvalue weighted by Gasteiger charge is -2.11. The maximum Gasteiger partial charge on any atom is 0.255 e. The van der Waals surface area contributed by atoms with Gasteiger partial charge >= 0.3 is 0 Å². The maximum atomic E-state index is 12.1. The Morgan fingerprint density at radius 3 is 2.16 bits per heavy atom. The third-order valence-electron chi connectivity index (χ3n) is 2.53. The van der Waals surface area contributed by atoms with Gasteiger partial charge in [0.1, 0.15) is 0 Å². The van der Waals surface area contributed by atoms with Gasteiger partial charge < -0.3 is 5.32 Å². The zero-order chi connectivity index (χ0) is 14.0. The normalized spacial score (nSPS) is 10.3. The van der Waals surface area contributed by atoms with E-state index in [1.54, 1.807) is 24.3 Å². The first-order valence-corrected chi connectivity index (χ1v) is 7.46. The molecular weight excluding hydrogens is 393 g/mol. The molecule has 0 heterocycles. The number of anilines is 1. The van der Waals surface area contributed by atoms with Crippen molar-refractivity contribution in [1.29, 1.82) is 0 Å². The Labute approximate surface area is 133 Å². The molecule has 0 saturated carbocycles. The lowest BCUT2D eigenvalue weighted by molar-refractivity contribution is 0.102. The van der Waals surface area contributed by atoms with E-state index in [0.717, 1.165) is 14.5 Å². The fourth-order valence-electron chi connectivity index (χ4n) is 1.61. The molecular formula is C14H10Br2ClNO. The van der Waals surface area contributed by atoms with E-state index in [4.69, 9.17) is 11.6 Å². The number of benzene rings is 2. The first-order valence-electron chi connectivity index (χ1n) is 5.50. The molecule has 0 aromatic heterocycles. The van der Waals surface area contributed by atoms with E-state index in [0.29, 0.717) is 16.3 Å². The van der Waals surface area contributed by atoms with Crippen LogP contribution in [0.4, 0.5) is 5.69 Å². The number of hydrogen-bond acceptors (Lipinski definition) is 1. The van der Waals surface area contributed by atoms with Crippen molar-refractivity contribution in [2.45, 2.75) is 6.92 Å². The van der Waals surface area contributed by atoms with Gasteiger partial charge in [-0.25, -0.2) is 0 Å². The predicted octanol–water partition coefficient (Wildman–Crippen LogP) is 5.43. The van der Waals surface area contributed by atoms with Crippen molar-refractivity contribution in [3.63, 3.8) is 0 Å². The minimum atomic E-state index is -0.179. The van der Waals surface area contributed by atoms with Crippen LogP contribution in [-0.4, -0.2) is 5.91 Å². The van der Waals surface area contributed by atoms with Crippen molar-refractivity contribution in [3.8, 4) is 0 Å². The SMILES string of the molecule is Cc1cc(Br)c(NC(=O)c2ccc(Cl)cc2)c(Br)c1. The highest BCUT2D eigenvalue weighted by atomic mass is 79.9. The Bertz CT molecular complexity index is 603. The summed E-state index contributed by atoms with van der Waals surface area (Å²) < 4.78 is 1.67. The van der Waals surface area contributed by atoms with Crippen LogP contribution in [0.5, 0.6) is 0 Å². The zero-order valence-corrected chi connectivity index (χ0v) is 13.9. The van der Waals surface area contributed by atoms with Crippen LogP contribution in [0.15, 0.2) is 45.3 Å². The molecule has 2 aromatic carbocycles. The number of nitrogens with one attached hydrogen (secondary N) is 1. The summed E-state index contributed by atoms with van der Waals surface area (Å²) >= 11 is 12.7. The number of rotatable bonds is 2. The molecule has 0 unspecified atom stereocenters. The summed E-state index contributed by atoms with van der Waals surface area (Å²) in [4.78, 5) is 12.1. The summed E-state index contributed by atoms with van der Waals surface area (Å²) in [5.74, 6) is -0.179. The van der Waals surface area contributed by atoms with Crippen LogP contribution < -0.4 is 5.32 Å². The number of carbonyl (C=O) groups excluding carboxylic acids is 1. The summed E-state index contributed by atoms with van der Waals surface area (Å²) in [7, 11) is 0. The van der Waals surface area contributed by atoms with Gasteiger partial charge in [0.15, 0.2) is 0 Å². The number of carbonyl (C=O) groups is 1. The van der Waals surface area contributed by atoms with Crippen LogP contribution >= 0.6 is 43.5 Å². The van der Waals surface area contributed by atoms with Crippen molar-refractivity contribution in [1.82, 2.24) is 0 Å². The van der Waals surface area contributed by atoms with Crippen LogP contribution in [0, 0.1) is 6.92 Å². The van der Waals surface area contributed by atoms with Gasteiger partial charge in [-0.05, 0) is 80.7 Å². The first kappa shape index (κ1) is 14.6. The lowest BCUT2D eigenvalue weighted by Crippen LogP contribution is -2.12. The number of hydrogen-bond donors (Lipinski definition) is 1. The predicted molar refractivity (Wildman–Crippen MR) is 86.0 cm³/mol. The molecule has 0 aliphatic heterocycles. The number of aryl methyl sites for hydroxylation is 1. The highest BCUT2D eigenvalue weighted by Gasteiger charge is 2.11. The van der Waals surface area contributed by atoms with Crippen molar-refractivity contribution in [2.75, 3.05) is 5.32 Å². The second kappa shape index (κ2) is 6.07. The number of halogens is 3. The molecule has 1 N–H and O–H groups in total. The smallest absolute Gasteiger partial charge is 0.255 e. The molecule has 0 aliphatic carbocycles. The molecule has 98 valence electrons. The minimum Gasteiger partial charge on any atom is -0.320 e. The van der Waals surface area contributed by atoms with Crippen LogP contribution in [0.3, 0.4) is 0 Å². The van der Waals surface area contributed by atoms with Crippen LogP contribution in [0.1, 0.15) is 15.9 Å². The average Bonchev–Trinajstić information content (AvgIpc) is 2.34. The van der Waals surface area contributed by atoms with Crippen molar-refractivity contribution < 1.29 is 4.79 Å². The van der Waals surface area contributed by atoms with Gasteiger partial charge in [-0.1, -0.05) is 11.6 Å². The monoisotopic (exact) mass is 401 g/mol. The van der Waals surface area contributed by atoms with Crippen molar-refractivity contribution in [2.24, 2.45) is 0 Å². The van der Waals surface area contributed by atoms with E-state index in [2.05, 4.69) is 37.2 Å². The third kappa shape index (κ3) is 3.59. The molecule has 0 spiro atoms. The lowest BCUT2D eigenvalue weighted by atomic mass is 10.2. The summed E-state index contributed by atoms with van der Waals surface area (Å²) in [5.41, 5.74) is 2.37. The summed E-state index contributed by atoms with van der Waals surface area (Å²) in [5, 5.41) is 3.47. The molecule has 0 aliphatic rings. The Hall–Kier alpha value is -0.840. The van der Waals surface area contributed by atoms with Gasteiger partial charge in [0.2, 0.25) is 0 Å². The molecule has 0 atom stereocenters. The van der Waals surface area contributed by atoms with Crippen LogP contribution in [0.25, 0.3) is 0 Å². The quantitative estimate of drug-likeness (QED) is 0.712. The van der Waals surface area contributed by atoms with E-state index >= 15 is 0 Å². The van der Waals surface area contributed by atoms with E-state index in [1.165, 1.54) is 0 Å². The molecule has 2 nitrogen and oxygen atoms in total. The second-order valence-electron chi connectivity index (χ2n) is 4.06. The molecule has 0 saturated heterocycles. The van der Waals surface area contributed by atoms with Gasteiger partial charge in [0.25, 0.3) is 5.91 Å². The standard InChI is InChI=1S/C14H10Br2ClNO/c1-8-6-11(15)13(12(16)7-8)18-14(19)9-2-4-10(17)5-3-9/h2-7H,1H3,(H,18,19). The fourth-order valence-corrected chi connectivity index (χ4v) is 3.35. The Balaban J connectivity index is 2.26. The average molecular weight is 404 g/mol. The summed E-state index contributed by atoms with van der Waals surface area (Å²) in [6.45, 7) is 1.99. The third-order valence-corrected chi connectivity index (χ3v) is 4.03. The maximum absolute atomic E-state index is 12.1. The van der Waals surface area contributed by atoms with Crippen molar-refractivity contribution >= 4 is 55.1 Å². The Morgan fingerprint density at radius 2 is 1.63 bits per heavy atom. The highest BCUT2D eigenvalue weighted by Crippen LogP contribution is 2.32. The zero-order valence-electron chi connectivity index (χ0n) is 10.0. The second-order valence-corrected chi connectivity index (χ2v) is 6.21. The Morgan fingerprint density at radius 1 is 1.11 bits per heavy atom. The van der Waals surface area contributed by atoms with Gasteiger partial charge in [0, 0.05) is 19.5 Å². The molecule has 19 heavy (non-hydrogen) atoms. The molecule has 5 heteroatoms. The summed E-state index contributed by atoms with van der Waals surface area (Å²) in [6.07, 6.45) is 0.